The van der Waals surface area contributed by atoms with Crippen LogP contribution in [0.2, 0.25) is 0 Å². The van der Waals surface area contributed by atoms with Crippen LogP contribution in [-0.4, -0.2) is 33.8 Å². The summed E-state index contributed by atoms with van der Waals surface area (Å²) in [6.07, 6.45) is 0. The third-order valence-corrected chi connectivity index (χ3v) is 4.08. The molecule has 10 heteroatoms. The summed E-state index contributed by atoms with van der Waals surface area (Å²) in [5, 5.41) is 17.8. The lowest BCUT2D eigenvalue weighted by Crippen LogP contribution is -2.14. The van der Waals surface area contributed by atoms with Gasteiger partial charge in [-0.2, -0.15) is 5.10 Å². The molecule has 0 spiro atoms. The van der Waals surface area contributed by atoms with Crippen LogP contribution in [0.4, 0.5) is 5.69 Å². The summed E-state index contributed by atoms with van der Waals surface area (Å²) >= 11 is 0. The van der Waals surface area contributed by atoms with Gasteiger partial charge in [-0.05, 0) is 30.7 Å². The molecule has 2 aromatic carbocycles. The van der Waals surface area contributed by atoms with E-state index < -0.39 is 11.0 Å². The maximum atomic E-state index is 10.8. The number of hydrogen-bond acceptors (Lipinski definition) is 8. The lowest BCUT2D eigenvalue weighted by molar-refractivity contribution is -0.384. The van der Waals surface area contributed by atoms with E-state index in [0.29, 0.717) is 35.5 Å². The number of non-ortho nitro benzene ring substituents is 1. The van der Waals surface area contributed by atoms with Crippen LogP contribution in [0.5, 0.6) is 17.2 Å². The second kappa shape index (κ2) is 9.02. The van der Waals surface area contributed by atoms with Crippen LogP contribution in [0.25, 0.3) is 0 Å². The fourth-order valence-electron chi connectivity index (χ4n) is 2.66. The number of H-pyrrole nitrogens is 1. The van der Waals surface area contributed by atoms with E-state index in [-0.39, 0.29) is 12.3 Å². The predicted octanol–water partition coefficient (Wildman–Crippen LogP) is 2.75. The summed E-state index contributed by atoms with van der Waals surface area (Å²) in [5.74, 6) is 2.39. The molecule has 1 heterocycles. The third-order valence-electron chi connectivity index (χ3n) is 4.08. The van der Waals surface area contributed by atoms with Crippen LogP contribution in [0.15, 0.2) is 42.5 Å². The molecule has 152 valence electrons. The molecule has 3 N–H and O–H groups in total. The monoisotopic (exact) mass is 399 g/mol. The molecule has 0 saturated carbocycles. The highest BCUT2D eigenvalue weighted by Gasteiger charge is 2.17. The number of aromatic amines is 1. The van der Waals surface area contributed by atoms with Crippen molar-refractivity contribution in [3.05, 3.63) is 69.8 Å². The molecule has 1 atom stereocenters. The SMILES string of the molecule is CCOc1cc(C(N)c2n[nH]c(COc3cccc([N+](=O)[O-])c3)n2)ccc1OC. The molecular formula is C19H21N5O5. The molecule has 1 aromatic heterocycles. The minimum Gasteiger partial charge on any atom is -0.493 e. The highest BCUT2D eigenvalue weighted by Crippen LogP contribution is 2.31. The van der Waals surface area contributed by atoms with Crippen molar-refractivity contribution in [1.29, 1.82) is 0 Å². The molecular weight excluding hydrogens is 378 g/mol. The molecule has 0 fully saturated rings. The van der Waals surface area contributed by atoms with Crippen molar-refractivity contribution in [2.75, 3.05) is 13.7 Å². The standard InChI is InChI=1S/C19H21N5O5/c1-3-28-16-9-12(7-8-15(16)27-2)18(20)19-21-17(22-23-19)11-29-14-6-4-5-13(10-14)24(25)26/h4-10,18H,3,11,20H2,1-2H3,(H,21,22,23). The maximum absolute atomic E-state index is 10.8. The van der Waals surface area contributed by atoms with Gasteiger partial charge in [-0.15, -0.1) is 0 Å². The lowest BCUT2D eigenvalue weighted by atomic mass is 10.1. The van der Waals surface area contributed by atoms with Gasteiger partial charge in [0.1, 0.15) is 12.4 Å². The number of ether oxygens (including phenoxy) is 3. The lowest BCUT2D eigenvalue weighted by Gasteiger charge is -2.13. The maximum Gasteiger partial charge on any atom is 0.273 e. The van der Waals surface area contributed by atoms with Gasteiger partial charge in [0.15, 0.2) is 23.1 Å². The van der Waals surface area contributed by atoms with Gasteiger partial charge in [-0.25, -0.2) is 4.98 Å². The molecule has 3 aromatic rings. The van der Waals surface area contributed by atoms with Gasteiger partial charge in [0.05, 0.1) is 30.7 Å². The van der Waals surface area contributed by atoms with Crippen LogP contribution < -0.4 is 19.9 Å². The van der Waals surface area contributed by atoms with Gasteiger partial charge in [-0.1, -0.05) is 12.1 Å². The van der Waals surface area contributed by atoms with Crippen LogP contribution in [0, 0.1) is 10.1 Å². The first-order valence-electron chi connectivity index (χ1n) is 8.86. The molecule has 10 nitrogen and oxygen atoms in total. The molecule has 0 saturated heterocycles. The summed E-state index contributed by atoms with van der Waals surface area (Å²) < 4.78 is 16.4. The van der Waals surface area contributed by atoms with Gasteiger partial charge in [0, 0.05) is 6.07 Å². The molecule has 0 bridgehead atoms. The minimum absolute atomic E-state index is 0.0487. The van der Waals surface area contributed by atoms with E-state index in [2.05, 4.69) is 15.2 Å². The number of aromatic nitrogens is 3. The Hall–Kier alpha value is -3.66. The van der Waals surface area contributed by atoms with E-state index in [1.54, 1.807) is 31.4 Å². The number of nitrogens with one attached hydrogen (secondary N) is 1. The van der Waals surface area contributed by atoms with E-state index >= 15 is 0 Å². The number of rotatable bonds is 9. The minimum atomic E-state index is -0.581. The largest absolute Gasteiger partial charge is 0.493 e. The van der Waals surface area contributed by atoms with Crippen molar-refractivity contribution in [3.63, 3.8) is 0 Å². The molecule has 3 rings (SSSR count). The van der Waals surface area contributed by atoms with Gasteiger partial charge in [0.2, 0.25) is 0 Å². The molecule has 29 heavy (non-hydrogen) atoms. The smallest absolute Gasteiger partial charge is 0.273 e. The summed E-state index contributed by atoms with van der Waals surface area (Å²) in [6, 6.07) is 10.7. The van der Waals surface area contributed by atoms with Gasteiger partial charge in [-0.3, -0.25) is 15.2 Å². The first-order chi connectivity index (χ1) is 14.0. The highest BCUT2D eigenvalue weighted by atomic mass is 16.6. The molecule has 0 aliphatic carbocycles. The zero-order chi connectivity index (χ0) is 20.8. The number of nitro benzene ring substituents is 1. The van der Waals surface area contributed by atoms with Gasteiger partial charge in [0.25, 0.3) is 5.69 Å². The summed E-state index contributed by atoms with van der Waals surface area (Å²) in [7, 11) is 1.57. The number of methoxy groups -OCH3 is 1. The summed E-state index contributed by atoms with van der Waals surface area (Å²) in [6.45, 7) is 2.44. The van der Waals surface area contributed by atoms with Crippen molar-refractivity contribution in [2.45, 2.75) is 19.6 Å². The average Bonchev–Trinajstić information content (AvgIpc) is 3.21. The Bertz CT molecular complexity index is 991. The third kappa shape index (κ3) is 4.79. The number of benzene rings is 2. The van der Waals surface area contributed by atoms with Gasteiger partial charge < -0.3 is 19.9 Å². The Labute approximate surface area is 166 Å². The fourth-order valence-corrected chi connectivity index (χ4v) is 2.66. The molecule has 0 radical (unpaired) electrons. The molecule has 0 aliphatic rings. The van der Waals surface area contributed by atoms with E-state index in [1.165, 1.54) is 12.1 Å². The zero-order valence-corrected chi connectivity index (χ0v) is 16.0. The second-order valence-electron chi connectivity index (χ2n) is 6.00. The Kier molecular flexibility index (Phi) is 6.25. The molecule has 0 amide bonds. The van der Waals surface area contributed by atoms with Crippen LogP contribution >= 0.6 is 0 Å². The van der Waals surface area contributed by atoms with Crippen molar-refractivity contribution >= 4 is 5.69 Å². The van der Waals surface area contributed by atoms with Crippen molar-refractivity contribution in [1.82, 2.24) is 15.2 Å². The second-order valence-corrected chi connectivity index (χ2v) is 6.00. The number of hydrogen-bond donors (Lipinski definition) is 2. The van der Waals surface area contributed by atoms with Crippen molar-refractivity contribution in [3.8, 4) is 17.2 Å². The Morgan fingerprint density at radius 3 is 2.76 bits per heavy atom. The quantitative estimate of drug-likeness (QED) is 0.414. The first-order valence-corrected chi connectivity index (χ1v) is 8.86. The van der Waals surface area contributed by atoms with Crippen molar-refractivity contribution in [2.24, 2.45) is 5.73 Å². The molecule has 0 aliphatic heterocycles. The van der Waals surface area contributed by atoms with Crippen LogP contribution in [-0.2, 0) is 6.61 Å². The average molecular weight is 399 g/mol. The number of nitrogens with two attached hydrogens (primary N) is 1. The normalized spacial score (nSPS) is 11.7. The predicted molar refractivity (Wildman–Crippen MR) is 104 cm³/mol. The van der Waals surface area contributed by atoms with E-state index in [4.69, 9.17) is 19.9 Å². The number of nitro groups is 1. The zero-order valence-electron chi connectivity index (χ0n) is 16.0. The summed E-state index contributed by atoms with van der Waals surface area (Å²) in [4.78, 5) is 14.7. The fraction of sp³-hybridized carbons (Fsp3) is 0.263. The van der Waals surface area contributed by atoms with E-state index in [1.807, 2.05) is 13.0 Å². The Morgan fingerprint density at radius 1 is 1.21 bits per heavy atom. The van der Waals surface area contributed by atoms with E-state index in [0.717, 1.165) is 5.56 Å². The highest BCUT2D eigenvalue weighted by molar-refractivity contribution is 5.44. The Morgan fingerprint density at radius 2 is 2.03 bits per heavy atom. The topological polar surface area (TPSA) is 138 Å². The van der Waals surface area contributed by atoms with E-state index in [9.17, 15) is 10.1 Å². The first kappa shape index (κ1) is 20.1. The van der Waals surface area contributed by atoms with Gasteiger partial charge >= 0.3 is 0 Å². The van der Waals surface area contributed by atoms with Crippen LogP contribution in [0.3, 0.4) is 0 Å². The summed E-state index contributed by atoms with van der Waals surface area (Å²) in [5.41, 5.74) is 7.00. The Balaban J connectivity index is 1.70. The molecule has 1 unspecified atom stereocenters. The van der Waals surface area contributed by atoms with Crippen molar-refractivity contribution < 1.29 is 19.1 Å². The number of nitrogens with zero attached hydrogens (tertiary/aromatic N) is 3. The van der Waals surface area contributed by atoms with Crippen LogP contribution in [0.1, 0.15) is 30.2 Å².